The van der Waals surface area contributed by atoms with Gasteiger partial charge < -0.3 is 48.9 Å². The summed E-state index contributed by atoms with van der Waals surface area (Å²) in [7, 11) is 1.44. The number of nitriles is 1. The fourth-order valence-corrected chi connectivity index (χ4v) is 7.93. The summed E-state index contributed by atoms with van der Waals surface area (Å²) in [6.07, 6.45) is 12.6. The number of Topliss-reactive ketones (excluding diaryl/α,β-unsaturated/α-hetero) is 1. The van der Waals surface area contributed by atoms with Crippen LogP contribution in [0.5, 0.6) is 5.75 Å². The van der Waals surface area contributed by atoms with Crippen LogP contribution in [-0.4, -0.2) is 187 Å². The van der Waals surface area contributed by atoms with E-state index in [0.717, 1.165) is 63.2 Å². The smallest absolute Gasteiger partial charge is 0.295 e. The van der Waals surface area contributed by atoms with Crippen LogP contribution in [0.15, 0.2) is 54.6 Å². The van der Waals surface area contributed by atoms with Crippen molar-refractivity contribution in [2.75, 3.05) is 119 Å². The number of piperidine rings is 1. The summed E-state index contributed by atoms with van der Waals surface area (Å²) in [5.41, 5.74) is 2.83. The summed E-state index contributed by atoms with van der Waals surface area (Å²) in [5.74, 6) is 0.841. The number of ketones is 1. The van der Waals surface area contributed by atoms with Crippen LogP contribution in [0.3, 0.4) is 0 Å². The van der Waals surface area contributed by atoms with Crippen molar-refractivity contribution in [1.82, 2.24) is 44.7 Å². The lowest BCUT2D eigenvalue weighted by Crippen LogP contribution is -2.47. The Hall–Kier alpha value is -6.03. The number of rotatable bonds is 26. The topological polar surface area (TPSA) is 223 Å². The number of methoxy groups -OCH3 is 1. The van der Waals surface area contributed by atoms with E-state index >= 15 is 0 Å². The summed E-state index contributed by atoms with van der Waals surface area (Å²) in [6, 6.07) is 11.2. The van der Waals surface area contributed by atoms with Crippen LogP contribution >= 0.6 is 0 Å². The first-order valence-corrected chi connectivity index (χ1v) is 22.4. The lowest BCUT2D eigenvalue weighted by atomic mass is 9.93. The second kappa shape index (κ2) is 26.2. The molecule has 19 heteroatoms. The van der Waals surface area contributed by atoms with Crippen molar-refractivity contribution < 1.29 is 43.2 Å². The molecule has 0 radical (unpaired) electrons. The number of aromatic nitrogens is 5. The van der Waals surface area contributed by atoms with Crippen LogP contribution in [0.4, 0.5) is 0 Å². The zero-order valence-corrected chi connectivity index (χ0v) is 37.6. The van der Waals surface area contributed by atoms with Gasteiger partial charge in [0.2, 0.25) is 5.82 Å². The number of nitrogens with one attached hydrogen (secondary N) is 2. The first-order valence-electron chi connectivity index (χ1n) is 22.4. The molecule has 2 aliphatic heterocycles. The van der Waals surface area contributed by atoms with E-state index in [1.165, 1.54) is 35.4 Å². The van der Waals surface area contributed by atoms with E-state index in [-0.39, 0.29) is 29.6 Å². The Morgan fingerprint density at radius 1 is 0.894 bits per heavy atom. The van der Waals surface area contributed by atoms with Crippen LogP contribution in [0.1, 0.15) is 58.6 Å². The number of allylic oxidation sites excluding steroid dienone is 1. The summed E-state index contributed by atoms with van der Waals surface area (Å²) in [5, 5.41) is 27.5. The van der Waals surface area contributed by atoms with Crippen molar-refractivity contribution in [1.29, 1.82) is 5.26 Å². The van der Waals surface area contributed by atoms with Crippen LogP contribution in [0.2, 0.25) is 0 Å². The molecule has 352 valence electrons. The molecule has 0 saturated carbocycles. The molecule has 2 saturated heterocycles. The highest BCUT2D eigenvalue weighted by atomic mass is 16.6. The number of aliphatic hydroxyl groups is 1. The minimum Gasteiger partial charge on any atom is -0.494 e. The van der Waals surface area contributed by atoms with Crippen molar-refractivity contribution in [2.45, 2.75) is 38.1 Å². The molecule has 1 aromatic carbocycles. The van der Waals surface area contributed by atoms with Crippen molar-refractivity contribution >= 4 is 34.1 Å². The normalized spacial score (nSPS) is 15.0. The number of nitrogens with zero attached hydrogens (tertiary/aromatic N) is 8. The first-order chi connectivity index (χ1) is 32.3. The maximum Gasteiger partial charge on any atom is 0.295 e. The van der Waals surface area contributed by atoms with Gasteiger partial charge in [0.1, 0.15) is 18.7 Å². The zero-order valence-electron chi connectivity index (χ0n) is 37.6. The lowest BCUT2D eigenvalue weighted by molar-refractivity contribution is -0.126. The number of terminal acetylenes is 1. The number of piperazine rings is 1. The van der Waals surface area contributed by atoms with Crippen LogP contribution in [-0.2, 0) is 23.7 Å². The Morgan fingerprint density at radius 3 is 2.21 bits per heavy atom. The number of ether oxygens (including phenoxy) is 5. The predicted octanol–water partition coefficient (Wildman–Crippen LogP) is 2.51. The number of unbranched alkanes of at least 4 members (excludes halogenated alkanes) is 1. The molecule has 0 spiro atoms. The number of fused-ring (bicyclic) bond motifs is 1. The van der Waals surface area contributed by atoms with E-state index in [1.807, 2.05) is 30.3 Å². The molecule has 2 aliphatic rings. The fourth-order valence-electron chi connectivity index (χ4n) is 7.93. The molecule has 19 nitrogen and oxygen atoms in total. The summed E-state index contributed by atoms with van der Waals surface area (Å²) >= 11 is 0. The molecule has 0 unspecified atom stereocenters. The number of amides is 2. The molecular formula is C47H60N10O9. The third-order valence-electron chi connectivity index (χ3n) is 11.6. The largest absolute Gasteiger partial charge is 0.494 e. The van der Waals surface area contributed by atoms with E-state index in [0.29, 0.717) is 102 Å². The van der Waals surface area contributed by atoms with Crippen LogP contribution < -0.4 is 10.1 Å². The number of aliphatic hydroxyl groups excluding tert-OH is 1. The standard InChI is InChI=1S/C47H60N10O9/c1-3-22-63-24-26-65-28-29-66-27-25-64-23-21-55-19-17-54(18-20-55)14-8-7-11-37(33-58)52-46(60)44-51-34-57(53-44)45-42-41(40(62-2)32-50-45)39(31-49-42)43(59)47(61)56-15-12-36(13-16-56)38(30-48)35-9-5-4-6-10-35/h1,4-6,9-10,31-32,34,37,49,58H,7-8,11-29,33H2,2H3,(H,52,60)/t37-/m0/s1. The molecule has 0 aliphatic carbocycles. The molecule has 5 heterocycles. The minimum absolute atomic E-state index is 0.100. The summed E-state index contributed by atoms with van der Waals surface area (Å²) in [4.78, 5) is 58.7. The van der Waals surface area contributed by atoms with E-state index in [1.54, 1.807) is 0 Å². The first kappa shape index (κ1) is 49.4. The molecular weight excluding hydrogens is 849 g/mol. The zero-order chi connectivity index (χ0) is 46.5. The highest BCUT2D eigenvalue weighted by Crippen LogP contribution is 2.33. The fraction of sp³-hybridized carbons (Fsp3) is 0.511. The number of hydrogen-bond acceptors (Lipinski definition) is 15. The number of benzene rings is 1. The Labute approximate surface area is 385 Å². The third kappa shape index (κ3) is 13.8. The molecule has 2 fully saturated rings. The molecule has 2 amide bonds. The van der Waals surface area contributed by atoms with Gasteiger partial charge in [0, 0.05) is 52.0 Å². The summed E-state index contributed by atoms with van der Waals surface area (Å²) in [6.45, 7) is 10.0. The maximum atomic E-state index is 13.8. The number of aromatic amines is 1. The molecule has 3 aromatic heterocycles. The lowest BCUT2D eigenvalue weighted by Gasteiger charge is -2.34. The van der Waals surface area contributed by atoms with Crippen molar-refractivity contribution in [3.05, 3.63) is 71.6 Å². The van der Waals surface area contributed by atoms with Gasteiger partial charge in [0.15, 0.2) is 5.82 Å². The highest BCUT2D eigenvalue weighted by Gasteiger charge is 2.31. The number of carbonyl (C=O) groups excluding carboxylic acids is 3. The van der Waals surface area contributed by atoms with Crippen molar-refractivity contribution in [2.24, 2.45) is 0 Å². The average Bonchev–Trinajstić information content (AvgIpc) is 4.04. The van der Waals surface area contributed by atoms with E-state index in [4.69, 9.17) is 30.1 Å². The molecule has 0 bridgehead atoms. The Kier molecular flexibility index (Phi) is 19.6. The predicted molar refractivity (Wildman–Crippen MR) is 244 cm³/mol. The van der Waals surface area contributed by atoms with Gasteiger partial charge in [-0.05, 0) is 43.4 Å². The van der Waals surface area contributed by atoms with Gasteiger partial charge in [-0.3, -0.25) is 19.3 Å². The number of hydrogen-bond donors (Lipinski definition) is 3. The van der Waals surface area contributed by atoms with E-state index < -0.39 is 23.6 Å². The van der Waals surface area contributed by atoms with Crippen LogP contribution in [0, 0.1) is 23.7 Å². The number of H-pyrrole nitrogens is 1. The third-order valence-corrected chi connectivity index (χ3v) is 11.6. The maximum absolute atomic E-state index is 13.8. The molecule has 3 N–H and O–H groups in total. The Balaban J connectivity index is 0.910. The van der Waals surface area contributed by atoms with Gasteiger partial charge in [0.05, 0.1) is 100 Å². The van der Waals surface area contributed by atoms with Gasteiger partial charge >= 0.3 is 0 Å². The highest BCUT2D eigenvalue weighted by molar-refractivity contribution is 6.45. The van der Waals surface area contributed by atoms with E-state index in [9.17, 15) is 24.8 Å². The monoisotopic (exact) mass is 908 g/mol. The SMILES string of the molecule is C#CCOCCOCCOCCOCCN1CCN(CCCC[C@@H](CO)NC(=O)c2ncn(-c3ncc(OC)c4c(C(=O)C(=O)N5CCC(=C(C#N)c6ccccc6)CC5)c[nH]c34)n2)CC1. The Morgan fingerprint density at radius 2 is 1.56 bits per heavy atom. The molecule has 1 atom stereocenters. The van der Waals surface area contributed by atoms with Crippen LogP contribution in [0.25, 0.3) is 22.3 Å². The second-order valence-corrected chi connectivity index (χ2v) is 15.8. The van der Waals surface area contributed by atoms with Gasteiger partial charge in [-0.2, -0.15) is 9.94 Å². The van der Waals surface area contributed by atoms with Gasteiger partial charge in [-0.15, -0.1) is 11.5 Å². The van der Waals surface area contributed by atoms with Gasteiger partial charge in [-0.1, -0.05) is 42.7 Å². The molecule has 6 rings (SSSR count). The van der Waals surface area contributed by atoms with Gasteiger partial charge in [0.25, 0.3) is 17.6 Å². The van der Waals surface area contributed by atoms with E-state index in [2.05, 4.69) is 47.2 Å². The number of pyridine rings is 1. The Bertz CT molecular complexity index is 2300. The molecule has 4 aromatic rings. The number of likely N-dealkylation sites (tertiary alicyclic amines) is 1. The molecule has 66 heavy (non-hydrogen) atoms. The second-order valence-electron chi connectivity index (χ2n) is 15.8. The number of carbonyl (C=O) groups is 3. The minimum atomic E-state index is -0.724. The quantitative estimate of drug-likeness (QED) is 0.0271. The van der Waals surface area contributed by atoms with Crippen molar-refractivity contribution in [3.8, 4) is 30.0 Å². The van der Waals surface area contributed by atoms with Crippen molar-refractivity contribution in [3.63, 3.8) is 0 Å². The average molecular weight is 909 g/mol. The van der Waals surface area contributed by atoms with Gasteiger partial charge in [-0.25, -0.2) is 9.97 Å². The summed E-state index contributed by atoms with van der Waals surface area (Å²) < 4.78 is 28.7.